The van der Waals surface area contributed by atoms with Gasteiger partial charge in [0.15, 0.2) is 10.9 Å². The molecule has 1 amide bonds. The summed E-state index contributed by atoms with van der Waals surface area (Å²) in [6.07, 6.45) is 4.37. The van der Waals surface area contributed by atoms with Crippen molar-refractivity contribution in [3.8, 4) is 11.3 Å². The van der Waals surface area contributed by atoms with Crippen molar-refractivity contribution in [2.45, 2.75) is 50.8 Å². The molecular formula is C23H26N4O4S2. The predicted octanol–water partition coefficient (Wildman–Crippen LogP) is 3.94. The lowest BCUT2D eigenvalue weighted by Gasteiger charge is -2.30. The molecule has 1 aliphatic heterocycles. The largest absolute Gasteiger partial charge is 0.360 e. The first-order valence-corrected chi connectivity index (χ1v) is 13.5. The Labute approximate surface area is 197 Å². The zero-order valence-corrected chi connectivity index (χ0v) is 20.3. The minimum atomic E-state index is -3.68. The van der Waals surface area contributed by atoms with E-state index in [2.05, 4.69) is 33.7 Å². The Kier molecular flexibility index (Phi) is 5.84. The number of thiazole rings is 1. The van der Waals surface area contributed by atoms with E-state index in [1.807, 2.05) is 5.38 Å². The highest BCUT2D eigenvalue weighted by Gasteiger charge is 2.35. The molecule has 0 unspecified atom stereocenters. The number of aryl methyl sites for hydroxylation is 4. The highest BCUT2D eigenvalue weighted by atomic mass is 32.2. The van der Waals surface area contributed by atoms with Crippen LogP contribution in [0.25, 0.3) is 11.3 Å². The first-order valence-electron chi connectivity index (χ1n) is 11.1. The molecule has 0 radical (unpaired) electrons. The van der Waals surface area contributed by atoms with Gasteiger partial charge < -0.3 is 9.84 Å². The molecule has 1 saturated heterocycles. The molecule has 0 atom stereocenters. The third-order valence-electron chi connectivity index (χ3n) is 6.52. The van der Waals surface area contributed by atoms with Crippen LogP contribution in [0.15, 0.2) is 33.0 Å². The number of sulfonamides is 1. The lowest BCUT2D eigenvalue weighted by Crippen LogP contribution is -2.41. The van der Waals surface area contributed by atoms with Gasteiger partial charge >= 0.3 is 0 Å². The van der Waals surface area contributed by atoms with Crippen LogP contribution in [0.2, 0.25) is 0 Å². The summed E-state index contributed by atoms with van der Waals surface area (Å²) in [6, 6.07) is 6.48. The number of hydrogen-bond acceptors (Lipinski definition) is 7. The number of carbonyl (C=O) groups is 1. The number of rotatable bonds is 5. The van der Waals surface area contributed by atoms with Gasteiger partial charge in [-0.05, 0) is 63.1 Å². The summed E-state index contributed by atoms with van der Waals surface area (Å²) in [5.41, 5.74) is 5.11. The minimum absolute atomic E-state index is 0.112. The Bertz CT molecular complexity index is 1280. The average molecular weight is 487 g/mol. The van der Waals surface area contributed by atoms with Crippen LogP contribution in [0, 0.1) is 19.8 Å². The fraction of sp³-hybridized carbons (Fsp3) is 0.435. The van der Waals surface area contributed by atoms with Gasteiger partial charge in [0, 0.05) is 30.0 Å². The number of hydrogen-bond donors (Lipinski definition) is 1. The second-order valence-corrected chi connectivity index (χ2v) is 11.4. The number of fused-ring (bicyclic) bond motifs is 1. The monoisotopic (exact) mass is 486 g/mol. The zero-order chi connectivity index (χ0) is 23.2. The van der Waals surface area contributed by atoms with E-state index in [9.17, 15) is 13.2 Å². The molecule has 8 nitrogen and oxygen atoms in total. The molecule has 10 heteroatoms. The van der Waals surface area contributed by atoms with Gasteiger partial charge in [-0.25, -0.2) is 13.4 Å². The van der Waals surface area contributed by atoms with Crippen molar-refractivity contribution >= 4 is 32.4 Å². The van der Waals surface area contributed by atoms with Gasteiger partial charge in [-0.2, -0.15) is 4.31 Å². The van der Waals surface area contributed by atoms with E-state index in [0.717, 1.165) is 24.1 Å². The fourth-order valence-electron chi connectivity index (χ4n) is 4.73. The molecule has 1 aromatic carbocycles. The average Bonchev–Trinajstić information content (AvgIpc) is 3.53. The van der Waals surface area contributed by atoms with Gasteiger partial charge in [-0.1, -0.05) is 17.3 Å². The normalized spacial score (nSPS) is 17.3. The topological polar surface area (TPSA) is 105 Å². The molecule has 5 rings (SSSR count). The number of anilines is 1. The quantitative estimate of drug-likeness (QED) is 0.586. The molecule has 2 aliphatic rings. The summed E-state index contributed by atoms with van der Waals surface area (Å²) >= 11 is 1.41. The maximum atomic E-state index is 13.0. The van der Waals surface area contributed by atoms with Crippen molar-refractivity contribution in [3.63, 3.8) is 0 Å². The molecule has 33 heavy (non-hydrogen) atoms. The van der Waals surface area contributed by atoms with Crippen LogP contribution in [-0.4, -0.2) is 41.9 Å². The molecule has 1 aliphatic carbocycles. The molecule has 0 bridgehead atoms. The van der Waals surface area contributed by atoms with E-state index < -0.39 is 10.0 Å². The number of piperidine rings is 1. The molecule has 2 aromatic heterocycles. The smallest absolute Gasteiger partial charge is 0.248 e. The number of nitrogens with one attached hydrogen (secondary N) is 1. The van der Waals surface area contributed by atoms with Gasteiger partial charge in [0.05, 0.1) is 5.69 Å². The van der Waals surface area contributed by atoms with Crippen LogP contribution in [0.3, 0.4) is 0 Å². The van der Waals surface area contributed by atoms with Crippen molar-refractivity contribution < 1.29 is 17.7 Å². The van der Waals surface area contributed by atoms with Crippen LogP contribution >= 0.6 is 11.3 Å². The maximum absolute atomic E-state index is 13.0. The van der Waals surface area contributed by atoms with Gasteiger partial charge in [-0.3, -0.25) is 4.79 Å². The highest BCUT2D eigenvalue weighted by molar-refractivity contribution is 7.89. The zero-order valence-electron chi connectivity index (χ0n) is 18.6. The van der Waals surface area contributed by atoms with Crippen LogP contribution < -0.4 is 5.32 Å². The lowest BCUT2D eigenvalue weighted by molar-refractivity contribution is -0.120. The van der Waals surface area contributed by atoms with Crippen LogP contribution in [0.4, 0.5) is 5.13 Å². The van der Waals surface area contributed by atoms with E-state index in [1.165, 1.54) is 33.2 Å². The molecule has 174 valence electrons. The molecule has 3 aromatic rings. The van der Waals surface area contributed by atoms with Crippen molar-refractivity contribution in [1.82, 2.24) is 14.4 Å². The van der Waals surface area contributed by atoms with Gasteiger partial charge in [0.25, 0.3) is 0 Å². The molecule has 0 spiro atoms. The molecule has 1 fully saturated rings. The third kappa shape index (κ3) is 4.22. The Morgan fingerprint density at radius 1 is 1.18 bits per heavy atom. The van der Waals surface area contributed by atoms with Gasteiger partial charge in [0.2, 0.25) is 15.9 Å². The number of amides is 1. The maximum Gasteiger partial charge on any atom is 0.248 e. The summed E-state index contributed by atoms with van der Waals surface area (Å²) in [7, 11) is -3.68. The van der Waals surface area contributed by atoms with E-state index >= 15 is 0 Å². The Morgan fingerprint density at radius 3 is 2.67 bits per heavy atom. The summed E-state index contributed by atoms with van der Waals surface area (Å²) in [4.78, 5) is 17.6. The number of benzene rings is 1. The van der Waals surface area contributed by atoms with E-state index in [1.54, 1.807) is 13.8 Å². The second kappa shape index (κ2) is 8.66. The van der Waals surface area contributed by atoms with Gasteiger partial charge in [-0.15, -0.1) is 11.3 Å². The van der Waals surface area contributed by atoms with E-state index in [0.29, 0.717) is 23.7 Å². The van der Waals surface area contributed by atoms with Crippen LogP contribution in [-0.2, 0) is 27.7 Å². The SMILES string of the molecule is Cc1noc(C)c1S(=O)(=O)N1CCC(C(=O)Nc2nc(-c3ccc4c(c3)CCC4)cs2)CC1. The minimum Gasteiger partial charge on any atom is -0.360 e. The van der Waals surface area contributed by atoms with E-state index in [-0.39, 0.29) is 35.6 Å². The van der Waals surface area contributed by atoms with Crippen LogP contribution in [0.5, 0.6) is 0 Å². The molecule has 3 heterocycles. The van der Waals surface area contributed by atoms with Crippen molar-refractivity contribution in [2.24, 2.45) is 5.92 Å². The van der Waals surface area contributed by atoms with Crippen molar-refractivity contribution in [3.05, 3.63) is 46.2 Å². The number of carbonyl (C=O) groups excluding carboxylic acids is 1. The molecule has 0 saturated carbocycles. The first kappa shape index (κ1) is 22.2. The molecular weight excluding hydrogens is 460 g/mol. The lowest BCUT2D eigenvalue weighted by atomic mass is 9.97. The van der Waals surface area contributed by atoms with Crippen molar-refractivity contribution in [1.29, 1.82) is 0 Å². The predicted molar refractivity (Wildman–Crippen MR) is 126 cm³/mol. The standard InChI is InChI=1S/C23H26N4O4S2/c1-14-21(15(2)31-26-14)33(29,30)27-10-8-17(9-11-27)22(28)25-23-24-20(13-32-23)19-7-6-16-4-3-5-18(16)12-19/h6-7,12-13,17H,3-5,8-11H2,1-2H3,(H,24,25,28). The summed E-state index contributed by atoms with van der Waals surface area (Å²) in [5.74, 6) is -0.0805. The molecule has 1 N–H and O–H groups in total. The van der Waals surface area contributed by atoms with Gasteiger partial charge in [0.1, 0.15) is 10.6 Å². The Hall–Kier alpha value is -2.56. The summed E-state index contributed by atoms with van der Waals surface area (Å²) in [6.45, 7) is 3.78. The third-order valence-corrected chi connectivity index (χ3v) is 9.42. The van der Waals surface area contributed by atoms with E-state index in [4.69, 9.17) is 4.52 Å². The highest BCUT2D eigenvalue weighted by Crippen LogP contribution is 2.31. The van der Waals surface area contributed by atoms with Crippen molar-refractivity contribution in [2.75, 3.05) is 18.4 Å². The summed E-state index contributed by atoms with van der Waals surface area (Å²) < 4.78 is 32.4. The first-order chi connectivity index (χ1) is 15.8. The fourth-order valence-corrected chi connectivity index (χ4v) is 7.22. The Morgan fingerprint density at radius 2 is 1.94 bits per heavy atom. The second-order valence-electron chi connectivity index (χ2n) is 8.70. The number of aromatic nitrogens is 2. The summed E-state index contributed by atoms with van der Waals surface area (Å²) in [5, 5.41) is 9.22. The number of nitrogens with zero attached hydrogens (tertiary/aromatic N) is 3. The van der Waals surface area contributed by atoms with Crippen LogP contribution in [0.1, 0.15) is 41.8 Å². The Balaban J connectivity index is 1.21.